The molecule has 0 amide bonds. The van der Waals surface area contributed by atoms with E-state index in [0.29, 0.717) is 6.42 Å². The van der Waals surface area contributed by atoms with E-state index in [2.05, 4.69) is 6.92 Å². The fourth-order valence-electron chi connectivity index (χ4n) is 2.37. The summed E-state index contributed by atoms with van der Waals surface area (Å²) in [7, 11) is 0. The minimum atomic E-state index is -1.24. The average Bonchev–Trinajstić information content (AvgIpc) is 2.38. The van der Waals surface area contributed by atoms with Gasteiger partial charge in [0.1, 0.15) is 24.4 Å². The maximum absolute atomic E-state index is 9.81. The predicted molar refractivity (Wildman–Crippen MR) is 67.1 cm³/mol. The van der Waals surface area contributed by atoms with Gasteiger partial charge in [-0.2, -0.15) is 0 Å². The number of aliphatic hydroxyl groups excluding tert-OH is 4. The Morgan fingerprint density at radius 1 is 0.833 bits per heavy atom. The molecule has 1 aliphatic heterocycles. The minimum absolute atomic E-state index is 0.350. The summed E-state index contributed by atoms with van der Waals surface area (Å²) in [5, 5.41) is 38.1. The number of aliphatic hydroxyl groups is 4. The van der Waals surface area contributed by atoms with Crippen molar-refractivity contribution in [3.05, 3.63) is 0 Å². The molecule has 5 nitrogen and oxygen atoms in total. The van der Waals surface area contributed by atoms with E-state index in [1.807, 2.05) is 0 Å². The maximum Gasteiger partial charge on any atom is 0.111 e. The predicted octanol–water partition coefficient (Wildman–Crippen LogP) is 0.189. The van der Waals surface area contributed by atoms with E-state index >= 15 is 0 Å². The normalized spacial score (nSPS) is 36.8. The molecule has 18 heavy (non-hydrogen) atoms. The quantitative estimate of drug-likeness (QED) is 0.492. The van der Waals surface area contributed by atoms with Crippen molar-refractivity contribution in [1.29, 1.82) is 0 Å². The second-order valence-electron chi connectivity index (χ2n) is 5.07. The third-order valence-electron chi connectivity index (χ3n) is 3.58. The first-order valence-electron chi connectivity index (χ1n) is 6.92. The van der Waals surface area contributed by atoms with E-state index in [9.17, 15) is 15.3 Å². The summed E-state index contributed by atoms with van der Waals surface area (Å²) in [6.45, 7) is 1.80. The van der Waals surface area contributed by atoms with Crippen LogP contribution >= 0.6 is 0 Å². The van der Waals surface area contributed by atoms with Gasteiger partial charge in [-0.1, -0.05) is 39.0 Å². The van der Waals surface area contributed by atoms with Crippen LogP contribution in [0.4, 0.5) is 0 Å². The lowest BCUT2D eigenvalue weighted by Crippen LogP contribution is -2.58. The van der Waals surface area contributed by atoms with Crippen molar-refractivity contribution in [2.24, 2.45) is 0 Å². The van der Waals surface area contributed by atoms with Crippen LogP contribution in [-0.4, -0.2) is 57.6 Å². The van der Waals surface area contributed by atoms with Crippen LogP contribution in [0.25, 0.3) is 0 Å². The molecule has 0 aliphatic carbocycles. The van der Waals surface area contributed by atoms with Crippen LogP contribution in [0.3, 0.4) is 0 Å². The molecule has 0 spiro atoms. The summed E-state index contributed by atoms with van der Waals surface area (Å²) < 4.78 is 5.43. The Hall–Kier alpha value is -0.200. The molecular weight excluding hydrogens is 236 g/mol. The summed E-state index contributed by atoms with van der Waals surface area (Å²) in [6, 6.07) is 0. The molecule has 4 N–H and O–H groups in total. The zero-order chi connectivity index (χ0) is 13.5. The number of rotatable bonds is 7. The van der Waals surface area contributed by atoms with Gasteiger partial charge < -0.3 is 25.2 Å². The van der Waals surface area contributed by atoms with E-state index in [1.54, 1.807) is 0 Å². The molecule has 1 rings (SSSR count). The van der Waals surface area contributed by atoms with Crippen molar-refractivity contribution in [2.45, 2.75) is 76.0 Å². The van der Waals surface area contributed by atoms with E-state index < -0.39 is 30.5 Å². The van der Waals surface area contributed by atoms with Gasteiger partial charge in [0.15, 0.2) is 0 Å². The molecule has 0 aromatic carbocycles. The highest BCUT2D eigenvalue weighted by atomic mass is 16.5. The SMILES string of the molecule is CCCCCCCC1O[C@H](CO)[C@H](O)[C@H](O)[C@H]1O. The van der Waals surface area contributed by atoms with Crippen molar-refractivity contribution < 1.29 is 25.2 Å². The van der Waals surface area contributed by atoms with E-state index in [1.165, 1.54) is 12.8 Å². The fourth-order valence-corrected chi connectivity index (χ4v) is 2.37. The lowest BCUT2D eigenvalue weighted by molar-refractivity contribution is -0.230. The van der Waals surface area contributed by atoms with Crippen LogP contribution in [0.15, 0.2) is 0 Å². The van der Waals surface area contributed by atoms with Gasteiger partial charge in [0.2, 0.25) is 0 Å². The minimum Gasteiger partial charge on any atom is -0.394 e. The lowest BCUT2D eigenvalue weighted by Gasteiger charge is -2.40. The van der Waals surface area contributed by atoms with Crippen LogP contribution in [-0.2, 0) is 4.74 Å². The summed E-state index contributed by atoms with van der Waals surface area (Å²) in [5.41, 5.74) is 0. The molecule has 0 bridgehead atoms. The van der Waals surface area contributed by atoms with Gasteiger partial charge in [-0.15, -0.1) is 0 Å². The highest BCUT2D eigenvalue weighted by Gasteiger charge is 2.42. The first-order valence-corrected chi connectivity index (χ1v) is 6.92. The van der Waals surface area contributed by atoms with Crippen LogP contribution in [0, 0.1) is 0 Å². The third-order valence-corrected chi connectivity index (χ3v) is 3.58. The largest absolute Gasteiger partial charge is 0.394 e. The highest BCUT2D eigenvalue weighted by molar-refractivity contribution is 4.91. The second-order valence-corrected chi connectivity index (χ2v) is 5.07. The molecule has 1 heterocycles. The average molecular weight is 262 g/mol. The fraction of sp³-hybridized carbons (Fsp3) is 1.00. The standard InChI is InChI=1S/C13H26O5/c1-2-3-4-5-6-7-9-11(15)13(17)12(16)10(8-14)18-9/h9-17H,2-8H2,1H3/t9?,10-,11+,12+,13-/m1/s1. The van der Waals surface area contributed by atoms with Crippen LogP contribution < -0.4 is 0 Å². The second kappa shape index (κ2) is 8.07. The maximum atomic E-state index is 9.81. The van der Waals surface area contributed by atoms with Gasteiger partial charge in [-0.25, -0.2) is 0 Å². The Morgan fingerprint density at radius 3 is 2.06 bits per heavy atom. The van der Waals surface area contributed by atoms with Gasteiger partial charge in [-0.3, -0.25) is 0 Å². The summed E-state index contributed by atoms with van der Waals surface area (Å²) in [6.07, 6.45) is 1.34. The van der Waals surface area contributed by atoms with Crippen molar-refractivity contribution in [3.63, 3.8) is 0 Å². The van der Waals surface area contributed by atoms with E-state index in [0.717, 1.165) is 19.3 Å². The highest BCUT2D eigenvalue weighted by Crippen LogP contribution is 2.24. The lowest BCUT2D eigenvalue weighted by atomic mass is 9.92. The van der Waals surface area contributed by atoms with Crippen molar-refractivity contribution in [1.82, 2.24) is 0 Å². The molecule has 0 radical (unpaired) electrons. The smallest absolute Gasteiger partial charge is 0.111 e. The number of ether oxygens (including phenoxy) is 1. The molecule has 1 unspecified atom stereocenters. The van der Waals surface area contributed by atoms with Gasteiger partial charge in [0.25, 0.3) is 0 Å². The molecule has 5 atom stereocenters. The number of hydrogen-bond acceptors (Lipinski definition) is 5. The van der Waals surface area contributed by atoms with Crippen LogP contribution in [0.2, 0.25) is 0 Å². The molecular formula is C13H26O5. The first-order chi connectivity index (χ1) is 8.61. The molecule has 1 saturated heterocycles. The summed E-state index contributed by atoms with van der Waals surface area (Å²) >= 11 is 0. The molecule has 5 heteroatoms. The topological polar surface area (TPSA) is 90.2 Å². The summed E-state index contributed by atoms with van der Waals surface area (Å²) in [5.74, 6) is 0. The molecule has 0 saturated carbocycles. The Bertz CT molecular complexity index is 221. The Labute approximate surface area is 108 Å². The van der Waals surface area contributed by atoms with Gasteiger partial charge in [0.05, 0.1) is 12.7 Å². The van der Waals surface area contributed by atoms with Crippen LogP contribution in [0.1, 0.15) is 45.4 Å². The molecule has 0 aromatic heterocycles. The van der Waals surface area contributed by atoms with Crippen molar-refractivity contribution in [3.8, 4) is 0 Å². The molecule has 108 valence electrons. The van der Waals surface area contributed by atoms with Gasteiger partial charge in [0, 0.05) is 0 Å². The number of hydrogen-bond donors (Lipinski definition) is 4. The first kappa shape index (κ1) is 15.9. The van der Waals surface area contributed by atoms with Gasteiger partial charge in [-0.05, 0) is 6.42 Å². The molecule has 0 aromatic rings. The van der Waals surface area contributed by atoms with Crippen LogP contribution in [0.5, 0.6) is 0 Å². The van der Waals surface area contributed by atoms with E-state index in [4.69, 9.17) is 9.84 Å². The Morgan fingerprint density at radius 2 is 1.44 bits per heavy atom. The van der Waals surface area contributed by atoms with Crippen molar-refractivity contribution in [2.75, 3.05) is 6.61 Å². The number of unbranched alkanes of at least 4 members (excludes halogenated alkanes) is 4. The van der Waals surface area contributed by atoms with Crippen molar-refractivity contribution >= 4 is 0 Å². The Balaban J connectivity index is 2.35. The third kappa shape index (κ3) is 4.17. The molecule has 1 aliphatic rings. The zero-order valence-electron chi connectivity index (χ0n) is 11.0. The zero-order valence-corrected chi connectivity index (χ0v) is 11.0. The monoisotopic (exact) mass is 262 g/mol. The summed E-state index contributed by atoms with van der Waals surface area (Å²) in [4.78, 5) is 0. The Kier molecular flexibility index (Phi) is 7.11. The van der Waals surface area contributed by atoms with Gasteiger partial charge >= 0.3 is 0 Å². The van der Waals surface area contributed by atoms with E-state index in [-0.39, 0.29) is 6.61 Å². The molecule has 1 fully saturated rings.